The molecule has 1 amide bonds. The minimum atomic E-state index is -0.330. The highest BCUT2D eigenvalue weighted by Crippen LogP contribution is 2.27. The van der Waals surface area contributed by atoms with Gasteiger partial charge in [0.05, 0.1) is 12.3 Å². The first-order valence-electron chi connectivity index (χ1n) is 6.91. The number of thiazole rings is 1. The lowest BCUT2D eigenvalue weighted by Gasteiger charge is -2.03. The lowest BCUT2D eigenvalue weighted by atomic mass is 10.2. The van der Waals surface area contributed by atoms with Crippen molar-refractivity contribution in [3.8, 4) is 17.0 Å². The second kappa shape index (κ2) is 6.97. The van der Waals surface area contributed by atoms with E-state index in [9.17, 15) is 4.79 Å². The molecular weight excluding hydrogens is 380 g/mol. The average molecular weight is 393 g/mol. The third kappa shape index (κ3) is 3.80. The maximum Gasteiger partial charge on any atom is 0.293 e. The molecule has 0 unspecified atom stereocenters. The van der Waals surface area contributed by atoms with Crippen LogP contribution in [0.2, 0.25) is 0 Å². The minimum absolute atomic E-state index is 0.231. The summed E-state index contributed by atoms with van der Waals surface area (Å²) in [5.41, 5.74) is 1.76. The van der Waals surface area contributed by atoms with Crippen molar-refractivity contribution in [2.45, 2.75) is 6.92 Å². The SMILES string of the molecule is CCOc1ccc(-c2csc(NC(=O)c3ccc(Br)o3)n2)cc1. The Kier molecular flexibility index (Phi) is 4.78. The molecule has 3 rings (SSSR count). The number of ether oxygens (including phenoxy) is 1. The van der Waals surface area contributed by atoms with Gasteiger partial charge < -0.3 is 9.15 Å². The van der Waals surface area contributed by atoms with Gasteiger partial charge in [0.1, 0.15) is 5.75 Å². The standard InChI is InChI=1S/C16H13BrN2O3S/c1-2-21-11-5-3-10(4-6-11)12-9-23-16(18-12)19-15(20)13-7-8-14(17)22-13/h3-9H,2H2,1H3,(H,18,19,20). The predicted octanol–water partition coefficient (Wildman–Crippen LogP) is 4.82. The molecular formula is C16H13BrN2O3S. The normalized spacial score (nSPS) is 10.5. The quantitative estimate of drug-likeness (QED) is 0.675. The van der Waals surface area contributed by atoms with Crippen molar-refractivity contribution in [1.29, 1.82) is 0 Å². The number of carbonyl (C=O) groups is 1. The zero-order valence-corrected chi connectivity index (χ0v) is 14.6. The number of aromatic nitrogens is 1. The van der Waals surface area contributed by atoms with Gasteiger partial charge in [-0.2, -0.15) is 0 Å². The number of nitrogens with zero attached hydrogens (tertiary/aromatic N) is 1. The molecule has 0 bridgehead atoms. The zero-order valence-electron chi connectivity index (χ0n) is 12.2. The van der Waals surface area contributed by atoms with Crippen LogP contribution >= 0.6 is 27.3 Å². The van der Waals surface area contributed by atoms with Crippen LogP contribution in [0.5, 0.6) is 5.75 Å². The van der Waals surface area contributed by atoms with Gasteiger partial charge in [-0.05, 0) is 59.3 Å². The Labute approximate surface area is 145 Å². The van der Waals surface area contributed by atoms with Gasteiger partial charge in [0.15, 0.2) is 15.6 Å². The summed E-state index contributed by atoms with van der Waals surface area (Å²) in [4.78, 5) is 16.4. The van der Waals surface area contributed by atoms with E-state index in [0.717, 1.165) is 17.0 Å². The number of halogens is 1. The maximum absolute atomic E-state index is 12.0. The average Bonchev–Trinajstić information content (AvgIpc) is 3.18. The molecule has 3 aromatic rings. The Morgan fingerprint density at radius 2 is 2.09 bits per heavy atom. The van der Waals surface area contributed by atoms with Gasteiger partial charge in [-0.1, -0.05) is 0 Å². The summed E-state index contributed by atoms with van der Waals surface area (Å²) < 4.78 is 11.1. The summed E-state index contributed by atoms with van der Waals surface area (Å²) >= 11 is 4.53. The molecule has 0 atom stereocenters. The number of carbonyl (C=O) groups excluding carboxylic acids is 1. The highest BCUT2D eigenvalue weighted by molar-refractivity contribution is 9.10. The molecule has 0 radical (unpaired) electrons. The third-order valence-corrected chi connectivity index (χ3v) is 4.17. The zero-order chi connectivity index (χ0) is 16.2. The van der Waals surface area contributed by atoms with Crippen LogP contribution in [0.1, 0.15) is 17.5 Å². The molecule has 0 aliphatic carbocycles. The molecule has 1 aromatic carbocycles. The van der Waals surface area contributed by atoms with Crippen LogP contribution < -0.4 is 10.1 Å². The minimum Gasteiger partial charge on any atom is -0.494 e. The molecule has 5 nitrogen and oxygen atoms in total. The van der Waals surface area contributed by atoms with E-state index in [-0.39, 0.29) is 11.7 Å². The molecule has 0 aliphatic rings. The van der Waals surface area contributed by atoms with Crippen LogP contribution in [-0.2, 0) is 0 Å². The van der Waals surface area contributed by atoms with E-state index < -0.39 is 0 Å². The second-order valence-electron chi connectivity index (χ2n) is 4.55. The molecule has 0 spiro atoms. The number of furan rings is 1. The summed E-state index contributed by atoms with van der Waals surface area (Å²) in [6.45, 7) is 2.58. The molecule has 0 aliphatic heterocycles. The van der Waals surface area contributed by atoms with Crippen LogP contribution in [0.4, 0.5) is 5.13 Å². The van der Waals surface area contributed by atoms with Crippen molar-refractivity contribution < 1.29 is 13.9 Å². The highest BCUT2D eigenvalue weighted by atomic mass is 79.9. The summed E-state index contributed by atoms with van der Waals surface area (Å²) in [6, 6.07) is 10.9. The van der Waals surface area contributed by atoms with Crippen LogP contribution in [0.25, 0.3) is 11.3 Å². The van der Waals surface area contributed by atoms with Crippen molar-refractivity contribution >= 4 is 38.3 Å². The highest BCUT2D eigenvalue weighted by Gasteiger charge is 2.13. The van der Waals surface area contributed by atoms with E-state index >= 15 is 0 Å². The molecule has 0 saturated carbocycles. The number of benzene rings is 1. The number of amides is 1. The van der Waals surface area contributed by atoms with E-state index in [2.05, 4.69) is 26.2 Å². The van der Waals surface area contributed by atoms with Gasteiger partial charge in [-0.15, -0.1) is 11.3 Å². The maximum atomic E-state index is 12.0. The number of anilines is 1. The van der Waals surface area contributed by atoms with Crippen LogP contribution in [0.15, 0.2) is 50.9 Å². The van der Waals surface area contributed by atoms with E-state index in [0.29, 0.717) is 16.4 Å². The van der Waals surface area contributed by atoms with Gasteiger partial charge in [0, 0.05) is 10.9 Å². The lowest BCUT2D eigenvalue weighted by molar-refractivity contribution is 0.0995. The first kappa shape index (κ1) is 15.8. The van der Waals surface area contributed by atoms with Crippen LogP contribution in [0, 0.1) is 0 Å². The third-order valence-electron chi connectivity index (χ3n) is 2.98. The van der Waals surface area contributed by atoms with Crippen molar-refractivity contribution in [2.24, 2.45) is 0 Å². The summed E-state index contributed by atoms with van der Waals surface area (Å²) in [6.07, 6.45) is 0. The summed E-state index contributed by atoms with van der Waals surface area (Å²) in [5, 5.41) is 5.13. The number of hydrogen-bond acceptors (Lipinski definition) is 5. The predicted molar refractivity (Wildman–Crippen MR) is 93.1 cm³/mol. The van der Waals surface area contributed by atoms with Gasteiger partial charge in [0.2, 0.25) is 0 Å². The summed E-state index contributed by atoms with van der Waals surface area (Å²) in [7, 11) is 0. The molecule has 2 aromatic heterocycles. The molecule has 23 heavy (non-hydrogen) atoms. The van der Waals surface area contributed by atoms with E-state index in [1.54, 1.807) is 12.1 Å². The fraction of sp³-hybridized carbons (Fsp3) is 0.125. The molecule has 7 heteroatoms. The number of rotatable bonds is 5. The van der Waals surface area contributed by atoms with Gasteiger partial charge >= 0.3 is 0 Å². The molecule has 118 valence electrons. The van der Waals surface area contributed by atoms with E-state index in [1.165, 1.54) is 11.3 Å². The molecule has 2 heterocycles. The monoisotopic (exact) mass is 392 g/mol. The van der Waals surface area contributed by atoms with Gasteiger partial charge in [-0.25, -0.2) is 4.98 Å². The lowest BCUT2D eigenvalue weighted by Crippen LogP contribution is -2.10. The van der Waals surface area contributed by atoms with E-state index in [1.807, 2.05) is 36.6 Å². The van der Waals surface area contributed by atoms with Crippen molar-refractivity contribution in [3.05, 3.63) is 52.2 Å². The Morgan fingerprint density at radius 1 is 1.30 bits per heavy atom. The topological polar surface area (TPSA) is 64.4 Å². The van der Waals surface area contributed by atoms with Crippen LogP contribution in [0.3, 0.4) is 0 Å². The smallest absolute Gasteiger partial charge is 0.293 e. The summed E-state index contributed by atoms with van der Waals surface area (Å²) in [5.74, 6) is 0.724. The van der Waals surface area contributed by atoms with Crippen molar-refractivity contribution in [1.82, 2.24) is 4.98 Å². The van der Waals surface area contributed by atoms with Gasteiger partial charge in [-0.3, -0.25) is 10.1 Å². The fourth-order valence-corrected chi connectivity index (χ4v) is 2.97. The van der Waals surface area contributed by atoms with Crippen molar-refractivity contribution in [3.63, 3.8) is 0 Å². The number of hydrogen-bond donors (Lipinski definition) is 1. The first-order valence-corrected chi connectivity index (χ1v) is 8.58. The van der Waals surface area contributed by atoms with E-state index in [4.69, 9.17) is 9.15 Å². The molecule has 0 fully saturated rings. The second-order valence-corrected chi connectivity index (χ2v) is 6.19. The Hall–Kier alpha value is -2.12. The Morgan fingerprint density at radius 3 is 2.74 bits per heavy atom. The largest absolute Gasteiger partial charge is 0.494 e. The first-order chi connectivity index (χ1) is 11.2. The Bertz CT molecular complexity index is 811. The van der Waals surface area contributed by atoms with Crippen LogP contribution in [-0.4, -0.2) is 17.5 Å². The Balaban J connectivity index is 1.71. The van der Waals surface area contributed by atoms with Crippen molar-refractivity contribution in [2.75, 3.05) is 11.9 Å². The molecule has 1 N–H and O–H groups in total. The van der Waals surface area contributed by atoms with Gasteiger partial charge in [0.25, 0.3) is 5.91 Å². The molecule has 0 saturated heterocycles. The number of nitrogens with one attached hydrogen (secondary N) is 1. The fourth-order valence-electron chi connectivity index (χ4n) is 1.95.